The number of nitrogens with zero attached hydrogens (tertiary/aromatic N) is 2. The molecule has 37 heavy (non-hydrogen) atoms. The van der Waals surface area contributed by atoms with E-state index >= 15 is 0 Å². The van der Waals surface area contributed by atoms with Gasteiger partial charge < -0.3 is 14.6 Å². The number of benzene rings is 2. The molecule has 1 aliphatic rings. The molecule has 0 aliphatic carbocycles. The van der Waals surface area contributed by atoms with Gasteiger partial charge in [0.15, 0.2) is 5.13 Å². The van der Waals surface area contributed by atoms with Crippen LogP contribution in [0.25, 0.3) is 5.76 Å². The number of aliphatic hydroxyl groups is 1. The lowest BCUT2D eigenvalue weighted by atomic mass is 9.94. The molecular formula is C26H22Cl2N2O6S. The van der Waals surface area contributed by atoms with Gasteiger partial charge in [0.25, 0.3) is 5.78 Å². The number of aryl methyl sites for hydroxylation is 2. The van der Waals surface area contributed by atoms with Crippen LogP contribution in [0, 0.1) is 13.8 Å². The number of aliphatic hydroxyl groups excluding tert-OH is 1. The number of anilines is 1. The first-order chi connectivity index (χ1) is 17.6. The lowest BCUT2D eigenvalue weighted by Crippen LogP contribution is -2.29. The molecule has 1 fully saturated rings. The largest absolute Gasteiger partial charge is 0.507 e. The monoisotopic (exact) mass is 560 g/mol. The Morgan fingerprint density at radius 2 is 1.89 bits per heavy atom. The van der Waals surface area contributed by atoms with E-state index in [0.29, 0.717) is 33.2 Å². The van der Waals surface area contributed by atoms with Gasteiger partial charge in [-0.15, -0.1) is 0 Å². The second-order valence-corrected chi connectivity index (χ2v) is 9.97. The summed E-state index contributed by atoms with van der Waals surface area (Å²) in [6.07, 6.45) is 0. The van der Waals surface area contributed by atoms with Crippen LogP contribution < -0.4 is 9.64 Å². The summed E-state index contributed by atoms with van der Waals surface area (Å²) in [5, 5.41) is 12.0. The fraction of sp³-hybridized carbons (Fsp3) is 0.231. The number of amides is 1. The van der Waals surface area contributed by atoms with Gasteiger partial charge in [-0.05, 0) is 62.2 Å². The number of Topliss-reactive ketones (excluding diaryl/α,β-unsaturated/α-hetero) is 1. The zero-order valence-electron chi connectivity index (χ0n) is 20.3. The van der Waals surface area contributed by atoms with Crippen LogP contribution in [0.4, 0.5) is 5.13 Å². The Bertz CT molecular complexity index is 1470. The molecule has 2 heterocycles. The van der Waals surface area contributed by atoms with Gasteiger partial charge in [-0.25, -0.2) is 9.78 Å². The van der Waals surface area contributed by atoms with Crippen LogP contribution in [-0.2, 0) is 14.3 Å². The summed E-state index contributed by atoms with van der Waals surface area (Å²) in [4.78, 5) is 45.0. The Hall–Kier alpha value is -3.40. The first-order valence-electron chi connectivity index (χ1n) is 11.1. The van der Waals surface area contributed by atoms with E-state index < -0.39 is 23.7 Å². The number of carbonyl (C=O) groups excluding carboxylic acids is 3. The molecular weight excluding hydrogens is 539 g/mol. The predicted molar refractivity (Wildman–Crippen MR) is 142 cm³/mol. The normalized spacial score (nSPS) is 16.8. The number of hydrogen-bond acceptors (Lipinski definition) is 8. The SMILES string of the molecule is CCOC(=O)c1sc(N2C(=O)C(=O)/C(=C(/O)c3ccc(OC)cc3C)[C@H]2c2ccc(Cl)cc2Cl)nc1C. The van der Waals surface area contributed by atoms with Crippen molar-refractivity contribution >= 4 is 63.1 Å². The van der Waals surface area contributed by atoms with Gasteiger partial charge in [-0.2, -0.15) is 0 Å². The van der Waals surface area contributed by atoms with Gasteiger partial charge in [0.05, 0.1) is 31.0 Å². The van der Waals surface area contributed by atoms with Crippen LogP contribution >= 0.6 is 34.5 Å². The molecule has 3 aromatic rings. The van der Waals surface area contributed by atoms with Crippen molar-refractivity contribution in [1.29, 1.82) is 0 Å². The quantitative estimate of drug-likeness (QED) is 0.173. The molecule has 192 valence electrons. The lowest BCUT2D eigenvalue weighted by molar-refractivity contribution is -0.132. The van der Waals surface area contributed by atoms with E-state index in [0.717, 1.165) is 16.2 Å². The number of esters is 1. The van der Waals surface area contributed by atoms with Crippen molar-refractivity contribution < 1.29 is 29.0 Å². The lowest BCUT2D eigenvalue weighted by Gasteiger charge is -2.24. The second kappa shape index (κ2) is 10.5. The maximum atomic E-state index is 13.4. The van der Waals surface area contributed by atoms with Crippen molar-refractivity contribution in [3.63, 3.8) is 0 Å². The van der Waals surface area contributed by atoms with Crippen molar-refractivity contribution in [3.05, 3.63) is 79.3 Å². The molecule has 8 nitrogen and oxygen atoms in total. The zero-order chi connectivity index (χ0) is 27.0. The molecule has 0 unspecified atom stereocenters. The van der Waals surface area contributed by atoms with Crippen LogP contribution in [-0.4, -0.2) is 41.5 Å². The number of methoxy groups -OCH3 is 1. The van der Waals surface area contributed by atoms with E-state index in [4.69, 9.17) is 32.7 Å². The molecule has 11 heteroatoms. The molecule has 1 aliphatic heterocycles. The van der Waals surface area contributed by atoms with Gasteiger partial charge in [-0.1, -0.05) is 40.6 Å². The molecule has 0 radical (unpaired) electrons. The average Bonchev–Trinajstić information content (AvgIpc) is 3.35. The number of halogens is 2. The molecule has 4 rings (SSSR count). The van der Waals surface area contributed by atoms with Crippen LogP contribution in [0.2, 0.25) is 10.0 Å². The summed E-state index contributed by atoms with van der Waals surface area (Å²) in [5.74, 6) is -2.25. The zero-order valence-corrected chi connectivity index (χ0v) is 22.6. The summed E-state index contributed by atoms with van der Waals surface area (Å²) < 4.78 is 10.3. The molecule has 1 saturated heterocycles. The standard InChI is InChI=1S/C26H22Cl2N2O6S/c1-5-36-25(34)23-13(3)29-26(37-23)30-20(17-8-6-14(27)11-18(17)28)19(22(32)24(30)33)21(31)16-9-7-15(35-4)10-12(16)2/h6-11,20,31H,5H2,1-4H3/b21-19+/t20-/m1/s1. The van der Waals surface area contributed by atoms with Gasteiger partial charge in [0.2, 0.25) is 0 Å². The van der Waals surface area contributed by atoms with Gasteiger partial charge in [0, 0.05) is 15.6 Å². The van der Waals surface area contributed by atoms with Crippen LogP contribution in [0.1, 0.15) is 45.0 Å². The molecule has 1 aromatic heterocycles. The predicted octanol–water partition coefficient (Wildman–Crippen LogP) is 5.88. The molecule has 0 saturated carbocycles. The van der Waals surface area contributed by atoms with E-state index in [1.807, 2.05) is 0 Å². The number of thiazole rings is 1. The first-order valence-corrected chi connectivity index (χ1v) is 12.7. The minimum absolute atomic E-state index is 0.0872. The van der Waals surface area contributed by atoms with Crippen molar-refractivity contribution in [2.75, 3.05) is 18.6 Å². The Labute approximate surface area is 227 Å². The number of carbonyl (C=O) groups is 3. The number of ketones is 1. The third kappa shape index (κ3) is 4.82. The van der Waals surface area contributed by atoms with Gasteiger partial charge >= 0.3 is 11.9 Å². The highest BCUT2D eigenvalue weighted by molar-refractivity contribution is 7.17. The van der Waals surface area contributed by atoms with E-state index in [9.17, 15) is 19.5 Å². The van der Waals surface area contributed by atoms with Gasteiger partial charge in [0.1, 0.15) is 16.4 Å². The Kier molecular flexibility index (Phi) is 7.59. The van der Waals surface area contributed by atoms with Crippen molar-refractivity contribution in [2.24, 2.45) is 0 Å². The van der Waals surface area contributed by atoms with E-state index in [1.54, 1.807) is 51.1 Å². The third-order valence-corrected chi connectivity index (χ3v) is 7.54. The summed E-state index contributed by atoms with van der Waals surface area (Å²) in [6, 6.07) is 8.43. The number of hydrogen-bond donors (Lipinski definition) is 1. The highest BCUT2D eigenvalue weighted by Crippen LogP contribution is 2.46. The molecule has 1 atom stereocenters. The summed E-state index contributed by atoms with van der Waals surface area (Å²) >= 11 is 13.5. The van der Waals surface area contributed by atoms with Crippen molar-refractivity contribution in [3.8, 4) is 5.75 Å². The number of rotatable bonds is 6. The minimum Gasteiger partial charge on any atom is -0.507 e. The van der Waals surface area contributed by atoms with Crippen molar-refractivity contribution in [1.82, 2.24) is 4.98 Å². The molecule has 0 bridgehead atoms. The fourth-order valence-corrected chi connectivity index (χ4v) is 5.59. The van der Waals surface area contributed by atoms with Gasteiger partial charge in [-0.3, -0.25) is 14.5 Å². The molecule has 1 N–H and O–H groups in total. The molecule has 1 amide bonds. The third-order valence-electron chi connectivity index (χ3n) is 5.84. The van der Waals surface area contributed by atoms with Crippen molar-refractivity contribution in [2.45, 2.75) is 26.8 Å². The van der Waals surface area contributed by atoms with E-state index in [2.05, 4.69) is 4.98 Å². The highest BCUT2D eigenvalue weighted by atomic mass is 35.5. The maximum absolute atomic E-state index is 13.4. The number of ether oxygens (including phenoxy) is 2. The first kappa shape index (κ1) is 26.7. The molecule has 2 aromatic carbocycles. The average molecular weight is 561 g/mol. The van der Waals surface area contributed by atoms with Crippen LogP contribution in [0.15, 0.2) is 42.0 Å². The van der Waals surface area contributed by atoms with Crippen LogP contribution in [0.3, 0.4) is 0 Å². The minimum atomic E-state index is -1.13. The van der Waals surface area contributed by atoms with Crippen LogP contribution in [0.5, 0.6) is 5.75 Å². The summed E-state index contributed by atoms with van der Waals surface area (Å²) in [6.45, 7) is 5.19. The Balaban J connectivity index is 1.96. The summed E-state index contributed by atoms with van der Waals surface area (Å²) in [5.41, 5.74) is 1.49. The fourth-order valence-electron chi connectivity index (χ4n) is 4.09. The summed E-state index contributed by atoms with van der Waals surface area (Å²) in [7, 11) is 1.52. The smallest absolute Gasteiger partial charge is 0.350 e. The molecule has 0 spiro atoms. The maximum Gasteiger partial charge on any atom is 0.350 e. The Morgan fingerprint density at radius 3 is 2.51 bits per heavy atom. The Morgan fingerprint density at radius 1 is 1.16 bits per heavy atom. The highest BCUT2D eigenvalue weighted by Gasteiger charge is 2.49. The second-order valence-electron chi connectivity index (χ2n) is 8.15. The van der Waals surface area contributed by atoms with E-state index in [1.165, 1.54) is 13.2 Å². The van der Waals surface area contributed by atoms with E-state index in [-0.39, 0.29) is 33.0 Å². The topological polar surface area (TPSA) is 106 Å². The number of aromatic nitrogens is 1.